The second kappa shape index (κ2) is 9.89. The minimum absolute atomic E-state index is 0.191. The number of nitrogens with zero attached hydrogens (tertiary/aromatic N) is 2. The van der Waals surface area contributed by atoms with Crippen LogP contribution in [0.4, 0.5) is 4.39 Å². The number of rotatable bonds is 7. The second-order valence-corrected chi connectivity index (χ2v) is 10.8. The fourth-order valence-corrected chi connectivity index (χ4v) is 5.34. The summed E-state index contributed by atoms with van der Waals surface area (Å²) in [4.78, 5) is 2.62. The van der Waals surface area contributed by atoms with Gasteiger partial charge in [-0.15, -0.1) is 0 Å². The third-order valence-electron chi connectivity index (χ3n) is 6.91. The van der Waals surface area contributed by atoms with Crippen LogP contribution in [0.25, 0.3) is 10.9 Å². The maximum Gasteiger partial charge on any atom is 0.130 e. The van der Waals surface area contributed by atoms with Crippen LogP contribution in [0.1, 0.15) is 57.4 Å². The van der Waals surface area contributed by atoms with Gasteiger partial charge in [0, 0.05) is 42.2 Å². The molecule has 178 valence electrons. The van der Waals surface area contributed by atoms with Crippen molar-refractivity contribution in [1.29, 1.82) is 0 Å². The van der Waals surface area contributed by atoms with E-state index in [2.05, 4.69) is 61.4 Å². The number of likely N-dealkylation sites (tertiary alicyclic amines) is 1. The van der Waals surface area contributed by atoms with Gasteiger partial charge in [-0.25, -0.2) is 4.39 Å². The van der Waals surface area contributed by atoms with Gasteiger partial charge in [0.25, 0.3) is 0 Å². The average Bonchev–Trinajstić information content (AvgIpc) is 3.02. The maximum absolute atomic E-state index is 14.8. The number of hydrogen-bond donors (Lipinski definition) is 0. The molecule has 0 N–H and O–H groups in total. The molecule has 1 aliphatic rings. The van der Waals surface area contributed by atoms with E-state index in [1.807, 2.05) is 19.1 Å². The van der Waals surface area contributed by atoms with Crippen LogP contribution in [0, 0.1) is 24.1 Å². The molecule has 0 amide bonds. The van der Waals surface area contributed by atoms with Crippen LogP contribution in [0.5, 0.6) is 5.75 Å². The summed E-state index contributed by atoms with van der Waals surface area (Å²) < 4.78 is 22.8. The fraction of sp³-hybridized carbons (Fsp3) is 0.517. The van der Waals surface area contributed by atoms with Crippen LogP contribution in [0.2, 0.25) is 0 Å². The molecule has 2 aromatic carbocycles. The first-order valence-corrected chi connectivity index (χ1v) is 12.5. The van der Waals surface area contributed by atoms with Gasteiger partial charge in [0.05, 0.1) is 6.61 Å². The molecule has 1 aromatic heterocycles. The molecule has 3 nitrogen and oxygen atoms in total. The van der Waals surface area contributed by atoms with Crippen molar-refractivity contribution in [2.45, 2.75) is 60.4 Å². The van der Waals surface area contributed by atoms with Gasteiger partial charge in [-0.05, 0) is 74.4 Å². The van der Waals surface area contributed by atoms with Crippen LogP contribution in [-0.4, -0.2) is 35.7 Å². The van der Waals surface area contributed by atoms with Gasteiger partial charge in [-0.1, -0.05) is 45.0 Å². The Morgan fingerprint density at radius 3 is 2.45 bits per heavy atom. The van der Waals surface area contributed by atoms with Crippen LogP contribution >= 0.6 is 0 Å². The highest BCUT2D eigenvalue weighted by atomic mass is 19.1. The quantitative estimate of drug-likeness (QED) is 0.392. The summed E-state index contributed by atoms with van der Waals surface area (Å²) in [7, 11) is 0. The number of hydrogen-bond acceptors (Lipinski definition) is 2. The Morgan fingerprint density at radius 2 is 1.79 bits per heavy atom. The highest BCUT2D eigenvalue weighted by Crippen LogP contribution is 2.32. The predicted molar refractivity (Wildman–Crippen MR) is 136 cm³/mol. The summed E-state index contributed by atoms with van der Waals surface area (Å²) in [5.74, 6) is 1.09. The van der Waals surface area contributed by atoms with E-state index in [1.54, 1.807) is 0 Å². The third kappa shape index (κ3) is 5.60. The number of piperidine rings is 1. The van der Waals surface area contributed by atoms with E-state index in [4.69, 9.17) is 4.74 Å². The van der Waals surface area contributed by atoms with E-state index in [1.165, 1.54) is 60.7 Å². The molecule has 3 aromatic rings. The zero-order valence-electron chi connectivity index (χ0n) is 21.0. The molecule has 0 saturated carbocycles. The molecule has 0 spiro atoms. The lowest BCUT2D eigenvalue weighted by molar-refractivity contribution is 0.130. The Labute approximate surface area is 198 Å². The van der Waals surface area contributed by atoms with Crippen molar-refractivity contribution >= 4 is 10.9 Å². The lowest BCUT2D eigenvalue weighted by atomic mass is 9.92. The molecule has 0 radical (unpaired) electrons. The summed E-state index contributed by atoms with van der Waals surface area (Å²) in [6.07, 6.45) is 3.08. The molecule has 4 rings (SSSR count). The lowest BCUT2D eigenvalue weighted by Gasteiger charge is -2.36. The van der Waals surface area contributed by atoms with Crippen molar-refractivity contribution in [1.82, 2.24) is 9.47 Å². The Bertz CT molecular complexity index is 1090. The van der Waals surface area contributed by atoms with Crippen LogP contribution < -0.4 is 4.74 Å². The first kappa shape index (κ1) is 23.8. The molecule has 4 heteroatoms. The largest absolute Gasteiger partial charge is 0.494 e. The summed E-state index contributed by atoms with van der Waals surface area (Å²) >= 11 is 0. The fourth-order valence-electron chi connectivity index (χ4n) is 5.34. The Morgan fingerprint density at radius 1 is 1.06 bits per heavy atom. The first-order valence-electron chi connectivity index (χ1n) is 12.5. The SMILES string of the molecule is CCOc1ccc(Cc2c(C)n(CC3CCN(CC(C)(C)C)CC3)c3ccccc23)c(F)c1. The van der Waals surface area contributed by atoms with Crippen molar-refractivity contribution in [2.24, 2.45) is 11.3 Å². The molecule has 2 heterocycles. The van der Waals surface area contributed by atoms with Crippen molar-refractivity contribution < 1.29 is 9.13 Å². The van der Waals surface area contributed by atoms with Crippen LogP contribution in [0.3, 0.4) is 0 Å². The Hall–Kier alpha value is -2.33. The van der Waals surface area contributed by atoms with E-state index in [0.717, 1.165) is 12.1 Å². The van der Waals surface area contributed by atoms with E-state index < -0.39 is 0 Å². The molecular formula is C29H39FN2O. The normalized spacial score (nSPS) is 15.9. The summed E-state index contributed by atoms with van der Waals surface area (Å²) in [5.41, 5.74) is 4.85. The number of ether oxygens (including phenoxy) is 1. The van der Waals surface area contributed by atoms with Gasteiger partial charge >= 0.3 is 0 Å². The predicted octanol–water partition coefficient (Wildman–Crippen LogP) is 6.84. The van der Waals surface area contributed by atoms with Gasteiger partial charge in [-0.2, -0.15) is 0 Å². The van der Waals surface area contributed by atoms with E-state index >= 15 is 0 Å². The minimum atomic E-state index is -0.191. The van der Waals surface area contributed by atoms with Crippen molar-refractivity contribution in [3.63, 3.8) is 0 Å². The monoisotopic (exact) mass is 450 g/mol. The molecule has 0 bridgehead atoms. The van der Waals surface area contributed by atoms with Crippen molar-refractivity contribution in [2.75, 3.05) is 26.2 Å². The molecule has 0 aliphatic carbocycles. The molecule has 1 saturated heterocycles. The number of benzene rings is 2. The standard InChI is InChI=1S/C29H39FN2O/c1-6-33-24-12-11-23(27(30)18-24)17-26-21(2)32(28-10-8-7-9-25(26)28)19-22-13-15-31(16-14-22)20-29(3,4)5/h7-12,18,22H,6,13-17,19-20H2,1-5H3. The highest BCUT2D eigenvalue weighted by Gasteiger charge is 2.25. The number of para-hydroxylation sites is 1. The highest BCUT2D eigenvalue weighted by molar-refractivity contribution is 5.86. The van der Waals surface area contributed by atoms with Crippen molar-refractivity contribution in [3.8, 4) is 5.75 Å². The van der Waals surface area contributed by atoms with E-state index in [-0.39, 0.29) is 5.82 Å². The molecular weight excluding hydrogens is 411 g/mol. The van der Waals surface area contributed by atoms with Gasteiger partial charge in [0.15, 0.2) is 0 Å². The second-order valence-electron chi connectivity index (χ2n) is 10.8. The minimum Gasteiger partial charge on any atom is -0.494 e. The Balaban J connectivity index is 1.55. The van der Waals surface area contributed by atoms with Gasteiger partial charge in [0.1, 0.15) is 11.6 Å². The van der Waals surface area contributed by atoms with E-state index in [0.29, 0.717) is 30.1 Å². The zero-order chi connectivity index (χ0) is 23.6. The maximum atomic E-state index is 14.8. The summed E-state index contributed by atoms with van der Waals surface area (Å²) in [5, 5.41) is 1.24. The van der Waals surface area contributed by atoms with Gasteiger partial charge in [0.2, 0.25) is 0 Å². The van der Waals surface area contributed by atoms with Gasteiger partial charge in [-0.3, -0.25) is 0 Å². The van der Waals surface area contributed by atoms with Crippen LogP contribution in [-0.2, 0) is 13.0 Å². The molecule has 1 fully saturated rings. The van der Waals surface area contributed by atoms with Crippen LogP contribution in [0.15, 0.2) is 42.5 Å². The first-order chi connectivity index (χ1) is 15.7. The summed E-state index contributed by atoms with van der Waals surface area (Å²) in [6.45, 7) is 16.2. The smallest absolute Gasteiger partial charge is 0.130 e. The number of aromatic nitrogens is 1. The van der Waals surface area contributed by atoms with Crippen molar-refractivity contribution in [3.05, 3.63) is 65.1 Å². The molecule has 0 atom stereocenters. The lowest BCUT2D eigenvalue weighted by Crippen LogP contribution is -2.39. The van der Waals surface area contributed by atoms with E-state index in [9.17, 15) is 4.39 Å². The summed E-state index contributed by atoms with van der Waals surface area (Å²) in [6, 6.07) is 13.9. The molecule has 0 unspecified atom stereocenters. The van der Waals surface area contributed by atoms with Gasteiger partial charge < -0.3 is 14.2 Å². The average molecular weight is 451 g/mol. The number of fused-ring (bicyclic) bond motifs is 1. The Kier molecular flexibility index (Phi) is 7.13. The third-order valence-corrected chi connectivity index (χ3v) is 6.91. The number of halogens is 1. The topological polar surface area (TPSA) is 17.4 Å². The molecule has 33 heavy (non-hydrogen) atoms. The molecule has 1 aliphatic heterocycles. The zero-order valence-corrected chi connectivity index (χ0v) is 21.0.